The van der Waals surface area contributed by atoms with E-state index in [2.05, 4.69) is 29.6 Å². The predicted molar refractivity (Wildman–Crippen MR) is 143 cm³/mol. The number of hydrogen-bond donors (Lipinski definition) is 0. The minimum Gasteiger partial charge on any atom is -0.456 e. The smallest absolute Gasteiger partial charge is 0.196 e. The number of aryl methyl sites for hydroxylation is 1. The number of aromatic nitrogens is 3. The molecule has 4 aromatic rings. The number of benzene rings is 1. The van der Waals surface area contributed by atoms with Gasteiger partial charge in [-0.2, -0.15) is 0 Å². The van der Waals surface area contributed by atoms with Crippen molar-refractivity contribution < 1.29 is 14.3 Å². The van der Waals surface area contributed by atoms with Gasteiger partial charge < -0.3 is 14.0 Å². The van der Waals surface area contributed by atoms with Crippen LogP contribution in [0.25, 0.3) is 11.0 Å². The third kappa shape index (κ3) is 6.11. The van der Waals surface area contributed by atoms with E-state index in [9.17, 15) is 4.79 Å². The zero-order valence-corrected chi connectivity index (χ0v) is 22.7. The Balaban J connectivity index is 1.60. The molecule has 9 heteroatoms. The van der Waals surface area contributed by atoms with Crippen LogP contribution in [0.15, 0.2) is 55.1 Å². The Morgan fingerprint density at radius 3 is 2.54 bits per heavy atom. The second-order valence-electron chi connectivity index (χ2n) is 9.62. The largest absolute Gasteiger partial charge is 0.456 e. The molecule has 0 atom stereocenters. The zero-order chi connectivity index (χ0) is 25.2. The molecule has 0 spiro atoms. The number of halogens is 2. The fourth-order valence-corrected chi connectivity index (χ4v) is 4.85. The number of pyridine rings is 2. The van der Waals surface area contributed by atoms with Crippen LogP contribution in [-0.2, 0) is 11.5 Å². The molecule has 0 N–H and O–H groups in total. The van der Waals surface area contributed by atoms with Crippen LogP contribution < -0.4 is 4.74 Å². The Kier molecular flexibility index (Phi) is 7.61. The van der Waals surface area contributed by atoms with Crippen molar-refractivity contribution in [3.05, 3.63) is 81.9 Å². The maximum Gasteiger partial charge on any atom is 0.196 e. The lowest BCUT2D eigenvalue weighted by Gasteiger charge is -2.15. The van der Waals surface area contributed by atoms with Crippen LogP contribution in [0, 0.1) is 6.92 Å². The molecule has 182 valence electrons. The normalized spacial score (nSPS) is 11.7. The molecule has 6 nitrogen and oxygen atoms in total. The van der Waals surface area contributed by atoms with Gasteiger partial charge in [0.1, 0.15) is 23.9 Å². The Labute approximate surface area is 215 Å². The van der Waals surface area contributed by atoms with E-state index in [1.165, 1.54) is 0 Å². The Morgan fingerprint density at radius 1 is 1.03 bits per heavy atom. The maximum atomic E-state index is 13.6. The molecule has 0 fully saturated rings. The lowest BCUT2D eigenvalue weighted by Crippen LogP contribution is -2.22. The first-order valence-corrected chi connectivity index (χ1v) is 15.7. The van der Waals surface area contributed by atoms with Crippen LogP contribution in [-0.4, -0.2) is 35.0 Å². The quantitative estimate of drug-likeness (QED) is 0.129. The topological polar surface area (TPSA) is 66.2 Å². The van der Waals surface area contributed by atoms with Gasteiger partial charge in [-0.05, 0) is 42.8 Å². The Hall–Kier alpha value is -2.71. The number of ether oxygens (including phenoxy) is 2. The molecule has 35 heavy (non-hydrogen) atoms. The highest BCUT2D eigenvalue weighted by molar-refractivity contribution is 6.76. The molecule has 0 unspecified atom stereocenters. The summed E-state index contributed by atoms with van der Waals surface area (Å²) < 4.78 is 13.6. The van der Waals surface area contributed by atoms with E-state index < -0.39 is 8.07 Å². The lowest BCUT2D eigenvalue weighted by molar-refractivity contribution is 0.0896. The van der Waals surface area contributed by atoms with Crippen molar-refractivity contribution >= 4 is 48.1 Å². The molecule has 0 aliphatic rings. The molecule has 3 heterocycles. The molecule has 4 rings (SSSR count). The first-order valence-electron chi connectivity index (χ1n) is 11.3. The number of carbonyl (C=O) groups is 1. The van der Waals surface area contributed by atoms with E-state index in [1.54, 1.807) is 49.1 Å². The van der Waals surface area contributed by atoms with Gasteiger partial charge >= 0.3 is 0 Å². The van der Waals surface area contributed by atoms with Gasteiger partial charge in [0.05, 0.1) is 21.8 Å². The van der Waals surface area contributed by atoms with E-state index in [0.29, 0.717) is 45.3 Å². The SMILES string of the molecule is Cc1cncc(Oc2ccc(C(=O)c3cn(COCC[Si](C)(C)C)c4nccc(Cl)c34)c(Cl)c2)c1. The molecule has 0 saturated heterocycles. The molecular formula is C26H27Cl2N3O3Si. The van der Waals surface area contributed by atoms with Gasteiger partial charge in [-0.15, -0.1) is 0 Å². The molecule has 1 aromatic carbocycles. The first-order chi connectivity index (χ1) is 16.6. The number of nitrogens with zero attached hydrogens (tertiary/aromatic N) is 3. The summed E-state index contributed by atoms with van der Waals surface area (Å²) in [7, 11) is -1.21. The molecule has 0 aliphatic heterocycles. The summed E-state index contributed by atoms with van der Waals surface area (Å²) in [6.45, 7) is 9.78. The van der Waals surface area contributed by atoms with Crippen molar-refractivity contribution in [1.82, 2.24) is 14.5 Å². The van der Waals surface area contributed by atoms with Gasteiger partial charge in [0.2, 0.25) is 0 Å². The highest BCUT2D eigenvalue weighted by atomic mass is 35.5. The van der Waals surface area contributed by atoms with Crippen molar-refractivity contribution in [1.29, 1.82) is 0 Å². The highest BCUT2D eigenvalue weighted by Crippen LogP contribution is 2.33. The fourth-order valence-electron chi connectivity index (χ4n) is 3.60. The lowest BCUT2D eigenvalue weighted by atomic mass is 10.0. The second kappa shape index (κ2) is 10.5. The number of ketones is 1. The van der Waals surface area contributed by atoms with Crippen molar-refractivity contribution in [2.45, 2.75) is 39.3 Å². The summed E-state index contributed by atoms with van der Waals surface area (Å²) in [6, 6.07) is 9.58. The van der Waals surface area contributed by atoms with Crippen LogP contribution in [0.5, 0.6) is 11.5 Å². The minimum atomic E-state index is -1.21. The standard InChI is InChI=1S/C26H27Cl2N3O3Si/c1-17-11-19(14-29-13-17)34-18-5-6-20(23(28)12-18)25(32)21-15-31(16-33-9-10-35(2,3)4)26-24(21)22(27)7-8-30-26/h5-8,11-15H,9-10,16H2,1-4H3. The van der Waals surface area contributed by atoms with Crippen LogP contribution in [0.3, 0.4) is 0 Å². The Morgan fingerprint density at radius 2 is 1.83 bits per heavy atom. The van der Waals surface area contributed by atoms with Crippen molar-refractivity contribution in [3.63, 3.8) is 0 Å². The number of carbonyl (C=O) groups excluding carboxylic acids is 1. The molecular weight excluding hydrogens is 501 g/mol. The minimum absolute atomic E-state index is 0.250. The van der Waals surface area contributed by atoms with Gasteiger partial charge in [-0.3, -0.25) is 9.78 Å². The summed E-state index contributed by atoms with van der Waals surface area (Å²) in [4.78, 5) is 22.1. The fraction of sp³-hybridized carbons (Fsp3) is 0.269. The van der Waals surface area contributed by atoms with E-state index in [0.717, 1.165) is 11.6 Å². The average Bonchev–Trinajstić information content (AvgIpc) is 3.16. The van der Waals surface area contributed by atoms with E-state index >= 15 is 0 Å². The molecule has 3 aromatic heterocycles. The predicted octanol–water partition coefficient (Wildman–Crippen LogP) is 7.38. The summed E-state index contributed by atoms with van der Waals surface area (Å²) in [5.41, 5.74) is 2.34. The average molecular weight is 529 g/mol. The second-order valence-corrected chi connectivity index (χ2v) is 16.1. The molecule has 0 radical (unpaired) electrons. The van der Waals surface area contributed by atoms with Crippen molar-refractivity contribution in [2.24, 2.45) is 0 Å². The zero-order valence-electron chi connectivity index (χ0n) is 20.1. The van der Waals surface area contributed by atoms with Gasteiger partial charge in [0.15, 0.2) is 5.78 Å². The van der Waals surface area contributed by atoms with Gasteiger partial charge in [0.25, 0.3) is 0 Å². The highest BCUT2D eigenvalue weighted by Gasteiger charge is 2.22. The number of hydrogen-bond acceptors (Lipinski definition) is 5. The summed E-state index contributed by atoms with van der Waals surface area (Å²) in [6.07, 6.45) is 6.72. The number of fused-ring (bicyclic) bond motifs is 1. The van der Waals surface area contributed by atoms with Gasteiger partial charge in [0, 0.05) is 50.3 Å². The molecule has 0 bridgehead atoms. The van der Waals surface area contributed by atoms with Gasteiger partial charge in [-0.25, -0.2) is 4.98 Å². The third-order valence-corrected chi connectivity index (χ3v) is 7.78. The number of rotatable bonds is 9. The van der Waals surface area contributed by atoms with E-state index in [1.807, 2.05) is 17.6 Å². The third-order valence-electron chi connectivity index (χ3n) is 5.45. The summed E-state index contributed by atoms with van der Waals surface area (Å²) >= 11 is 13.0. The first kappa shape index (κ1) is 25.4. The van der Waals surface area contributed by atoms with Gasteiger partial charge in [-0.1, -0.05) is 42.8 Å². The molecule has 0 amide bonds. The monoisotopic (exact) mass is 527 g/mol. The van der Waals surface area contributed by atoms with Crippen LogP contribution in [0.4, 0.5) is 0 Å². The maximum absolute atomic E-state index is 13.6. The Bertz CT molecular complexity index is 1380. The summed E-state index contributed by atoms with van der Waals surface area (Å²) in [5.74, 6) is 0.853. The van der Waals surface area contributed by atoms with E-state index in [4.69, 9.17) is 32.7 Å². The van der Waals surface area contributed by atoms with E-state index in [-0.39, 0.29) is 17.5 Å². The van der Waals surface area contributed by atoms with Crippen molar-refractivity contribution in [2.75, 3.05) is 6.61 Å². The van der Waals surface area contributed by atoms with Crippen molar-refractivity contribution in [3.8, 4) is 11.5 Å². The molecule has 0 saturated carbocycles. The molecule has 0 aliphatic carbocycles. The summed E-state index contributed by atoms with van der Waals surface area (Å²) in [5, 5.41) is 1.30. The van der Waals surface area contributed by atoms with Crippen LogP contribution in [0.1, 0.15) is 21.5 Å². The van der Waals surface area contributed by atoms with Crippen LogP contribution >= 0.6 is 23.2 Å². The van der Waals surface area contributed by atoms with Crippen LogP contribution in [0.2, 0.25) is 35.7 Å².